The summed E-state index contributed by atoms with van der Waals surface area (Å²) in [6.07, 6.45) is 2.61. The molecule has 0 radical (unpaired) electrons. The summed E-state index contributed by atoms with van der Waals surface area (Å²) in [6, 6.07) is 1.63. The van der Waals surface area contributed by atoms with Gasteiger partial charge in [0.2, 0.25) is 0 Å². The quantitative estimate of drug-likeness (QED) is 0.738. The molecular formula is C13H24N4O2. The molecule has 1 heterocycles. The summed E-state index contributed by atoms with van der Waals surface area (Å²) in [4.78, 5) is 11.9. The van der Waals surface area contributed by atoms with Crippen LogP contribution in [0.4, 0.5) is 10.6 Å². The van der Waals surface area contributed by atoms with Crippen molar-refractivity contribution in [3.63, 3.8) is 0 Å². The number of aromatic nitrogens is 2. The first-order valence-electron chi connectivity index (χ1n) is 6.71. The van der Waals surface area contributed by atoms with E-state index in [4.69, 9.17) is 5.11 Å². The third-order valence-electron chi connectivity index (χ3n) is 3.42. The third kappa shape index (κ3) is 4.24. The summed E-state index contributed by atoms with van der Waals surface area (Å²) >= 11 is 0. The highest BCUT2D eigenvalue weighted by Gasteiger charge is 2.15. The molecule has 6 nitrogen and oxygen atoms in total. The van der Waals surface area contributed by atoms with Gasteiger partial charge in [0.15, 0.2) is 0 Å². The van der Waals surface area contributed by atoms with Gasteiger partial charge in [0.25, 0.3) is 0 Å². The summed E-state index contributed by atoms with van der Waals surface area (Å²) in [5, 5.41) is 18.8. The van der Waals surface area contributed by atoms with Crippen molar-refractivity contribution >= 4 is 11.8 Å². The number of aliphatic hydroxyl groups excluding tert-OH is 1. The van der Waals surface area contributed by atoms with Crippen molar-refractivity contribution in [2.24, 2.45) is 5.92 Å². The zero-order chi connectivity index (χ0) is 14.4. The van der Waals surface area contributed by atoms with E-state index < -0.39 is 0 Å². The van der Waals surface area contributed by atoms with E-state index >= 15 is 0 Å². The van der Waals surface area contributed by atoms with Gasteiger partial charge in [0.1, 0.15) is 5.82 Å². The predicted molar refractivity (Wildman–Crippen MR) is 75.1 cm³/mol. The van der Waals surface area contributed by atoms with Crippen LogP contribution in [-0.4, -0.2) is 33.6 Å². The minimum absolute atomic E-state index is 0.0187. The second kappa shape index (κ2) is 7.13. The van der Waals surface area contributed by atoms with E-state index in [-0.39, 0.29) is 30.6 Å². The molecule has 1 rings (SSSR count). The third-order valence-corrected chi connectivity index (χ3v) is 3.42. The van der Waals surface area contributed by atoms with Crippen molar-refractivity contribution in [1.29, 1.82) is 0 Å². The number of carbonyl (C=O) groups excluding carboxylic acids is 1. The minimum Gasteiger partial charge on any atom is -0.396 e. The molecule has 19 heavy (non-hydrogen) atoms. The first kappa shape index (κ1) is 15.5. The van der Waals surface area contributed by atoms with Gasteiger partial charge < -0.3 is 10.4 Å². The smallest absolute Gasteiger partial charge is 0.320 e. The second-order valence-corrected chi connectivity index (χ2v) is 4.97. The Labute approximate surface area is 114 Å². The molecule has 0 aliphatic heterocycles. The molecule has 0 aliphatic rings. The monoisotopic (exact) mass is 268 g/mol. The van der Waals surface area contributed by atoms with E-state index in [1.807, 2.05) is 20.8 Å². The Bertz CT molecular complexity index is 405. The molecule has 0 bridgehead atoms. The number of amides is 2. The molecule has 0 saturated heterocycles. The van der Waals surface area contributed by atoms with Crippen LogP contribution in [0.15, 0.2) is 12.3 Å². The molecule has 0 aromatic carbocycles. The maximum absolute atomic E-state index is 11.9. The Balaban J connectivity index is 2.60. The predicted octanol–water partition coefficient (Wildman–Crippen LogP) is 1.99. The summed E-state index contributed by atoms with van der Waals surface area (Å²) in [5.74, 6) is 0.695. The highest BCUT2D eigenvalue weighted by atomic mass is 16.3. The van der Waals surface area contributed by atoms with Gasteiger partial charge in [-0.2, -0.15) is 5.10 Å². The summed E-state index contributed by atoms with van der Waals surface area (Å²) < 4.78 is 1.79. The van der Waals surface area contributed by atoms with Gasteiger partial charge in [-0.1, -0.05) is 13.8 Å². The zero-order valence-electron chi connectivity index (χ0n) is 12.1. The molecule has 3 unspecified atom stereocenters. The van der Waals surface area contributed by atoms with Gasteiger partial charge in [0.05, 0.1) is 12.2 Å². The second-order valence-electron chi connectivity index (χ2n) is 4.97. The Morgan fingerprint density at radius 1 is 1.47 bits per heavy atom. The maximum Gasteiger partial charge on any atom is 0.320 e. The van der Waals surface area contributed by atoms with Gasteiger partial charge in [-0.25, -0.2) is 9.48 Å². The van der Waals surface area contributed by atoms with Crippen LogP contribution >= 0.6 is 0 Å². The van der Waals surface area contributed by atoms with Crippen molar-refractivity contribution < 1.29 is 9.90 Å². The molecule has 0 spiro atoms. The average molecular weight is 268 g/mol. The highest BCUT2D eigenvalue weighted by molar-refractivity contribution is 5.88. The molecule has 108 valence electrons. The normalized spacial score (nSPS) is 15.6. The Morgan fingerprint density at radius 2 is 2.16 bits per heavy atom. The number of nitrogens with zero attached hydrogens (tertiary/aromatic N) is 2. The topological polar surface area (TPSA) is 79.2 Å². The molecular weight excluding hydrogens is 244 g/mol. The van der Waals surface area contributed by atoms with Gasteiger partial charge in [-0.3, -0.25) is 5.32 Å². The molecule has 3 N–H and O–H groups in total. The lowest BCUT2D eigenvalue weighted by Crippen LogP contribution is -2.41. The van der Waals surface area contributed by atoms with E-state index in [1.165, 1.54) is 0 Å². The number of carbonyl (C=O) groups is 1. The Morgan fingerprint density at radius 3 is 2.74 bits per heavy atom. The van der Waals surface area contributed by atoms with E-state index in [0.29, 0.717) is 5.82 Å². The molecule has 0 fully saturated rings. The van der Waals surface area contributed by atoms with E-state index in [1.54, 1.807) is 16.9 Å². The lowest BCUT2D eigenvalue weighted by atomic mass is 10.1. The van der Waals surface area contributed by atoms with Crippen LogP contribution in [-0.2, 0) is 0 Å². The molecule has 1 aromatic rings. The number of anilines is 1. The van der Waals surface area contributed by atoms with Crippen LogP contribution in [0.2, 0.25) is 0 Å². The van der Waals surface area contributed by atoms with Crippen LogP contribution in [0.5, 0.6) is 0 Å². The van der Waals surface area contributed by atoms with E-state index in [2.05, 4.69) is 22.7 Å². The Hall–Kier alpha value is -1.56. The van der Waals surface area contributed by atoms with Crippen molar-refractivity contribution in [3.05, 3.63) is 12.3 Å². The fourth-order valence-electron chi connectivity index (χ4n) is 1.60. The first-order valence-corrected chi connectivity index (χ1v) is 6.71. The lowest BCUT2D eigenvalue weighted by molar-refractivity contribution is 0.204. The molecule has 2 amide bonds. The molecule has 3 atom stereocenters. The number of nitrogens with one attached hydrogen (secondary N) is 2. The van der Waals surface area contributed by atoms with Crippen LogP contribution in [0.3, 0.4) is 0 Å². The Kier molecular flexibility index (Phi) is 5.82. The largest absolute Gasteiger partial charge is 0.396 e. The number of hydrogen-bond acceptors (Lipinski definition) is 3. The van der Waals surface area contributed by atoms with Gasteiger partial charge in [-0.05, 0) is 26.2 Å². The molecule has 0 saturated carbocycles. The number of urea groups is 1. The molecule has 1 aromatic heterocycles. The standard InChI is InChI=1S/C13H24N4O2/c1-5-10(3)17-12(6-7-14-17)16-13(19)15-11(4)9(2)8-18/h6-7,9-11,18H,5,8H2,1-4H3,(H2,15,16,19). The molecule has 6 heteroatoms. The van der Waals surface area contributed by atoms with Crippen molar-refractivity contribution in [2.45, 2.75) is 46.2 Å². The van der Waals surface area contributed by atoms with Crippen molar-refractivity contribution in [1.82, 2.24) is 15.1 Å². The fourth-order valence-corrected chi connectivity index (χ4v) is 1.60. The SMILES string of the molecule is CCC(C)n1nccc1NC(=O)NC(C)C(C)CO. The van der Waals surface area contributed by atoms with E-state index in [9.17, 15) is 4.79 Å². The average Bonchev–Trinajstić information content (AvgIpc) is 2.84. The van der Waals surface area contributed by atoms with Gasteiger partial charge in [0, 0.05) is 18.7 Å². The zero-order valence-corrected chi connectivity index (χ0v) is 12.1. The van der Waals surface area contributed by atoms with E-state index in [0.717, 1.165) is 6.42 Å². The minimum atomic E-state index is -0.280. The maximum atomic E-state index is 11.9. The van der Waals surface area contributed by atoms with Crippen molar-refractivity contribution in [2.75, 3.05) is 11.9 Å². The summed E-state index contributed by atoms with van der Waals surface area (Å²) in [7, 11) is 0. The van der Waals surface area contributed by atoms with Crippen LogP contribution in [0.1, 0.15) is 40.2 Å². The fraction of sp³-hybridized carbons (Fsp3) is 0.692. The number of rotatable bonds is 6. The van der Waals surface area contributed by atoms with Gasteiger partial charge >= 0.3 is 6.03 Å². The first-order chi connectivity index (χ1) is 8.99. The van der Waals surface area contributed by atoms with Crippen molar-refractivity contribution in [3.8, 4) is 0 Å². The summed E-state index contributed by atoms with van der Waals surface area (Å²) in [6.45, 7) is 7.92. The van der Waals surface area contributed by atoms with Crippen LogP contribution < -0.4 is 10.6 Å². The van der Waals surface area contributed by atoms with Crippen LogP contribution in [0.25, 0.3) is 0 Å². The van der Waals surface area contributed by atoms with Gasteiger partial charge in [-0.15, -0.1) is 0 Å². The highest BCUT2D eigenvalue weighted by Crippen LogP contribution is 2.16. The molecule has 0 aliphatic carbocycles. The number of aliphatic hydroxyl groups is 1. The number of hydrogen-bond donors (Lipinski definition) is 3. The lowest BCUT2D eigenvalue weighted by Gasteiger charge is -2.20. The van der Waals surface area contributed by atoms with Crippen LogP contribution in [0, 0.1) is 5.92 Å². The summed E-state index contributed by atoms with van der Waals surface area (Å²) in [5.41, 5.74) is 0.